The molecule has 18 heavy (non-hydrogen) atoms. The molecular formula is C15H24N2O. The first-order valence-electron chi connectivity index (χ1n) is 6.85. The average molecular weight is 248 g/mol. The van der Waals surface area contributed by atoms with Gasteiger partial charge < -0.3 is 10.8 Å². The molecule has 1 aliphatic rings. The van der Waals surface area contributed by atoms with Gasteiger partial charge in [0.2, 0.25) is 0 Å². The van der Waals surface area contributed by atoms with Crippen LogP contribution in [0.5, 0.6) is 0 Å². The summed E-state index contributed by atoms with van der Waals surface area (Å²) in [6.45, 7) is 2.19. The van der Waals surface area contributed by atoms with Gasteiger partial charge in [0.05, 0.1) is 6.10 Å². The summed E-state index contributed by atoms with van der Waals surface area (Å²) in [5.41, 5.74) is 7.77. The maximum Gasteiger partial charge on any atom is 0.0695 e. The Kier molecular flexibility index (Phi) is 4.25. The highest BCUT2D eigenvalue weighted by molar-refractivity contribution is 5.40. The summed E-state index contributed by atoms with van der Waals surface area (Å²) >= 11 is 0. The highest BCUT2D eigenvalue weighted by atomic mass is 16.3. The molecule has 0 bridgehead atoms. The second-order valence-electron chi connectivity index (χ2n) is 5.43. The van der Waals surface area contributed by atoms with Crippen LogP contribution in [0.1, 0.15) is 44.2 Å². The number of nitrogen functional groups attached to an aromatic ring is 1. The molecule has 3 atom stereocenters. The number of rotatable bonds is 3. The lowest BCUT2D eigenvalue weighted by Crippen LogP contribution is -2.44. The van der Waals surface area contributed by atoms with Crippen LogP contribution < -0.4 is 5.73 Å². The molecule has 3 unspecified atom stereocenters. The van der Waals surface area contributed by atoms with Crippen molar-refractivity contribution < 1.29 is 5.11 Å². The summed E-state index contributed by atoms with van der Waals surface area (Å²) in [5, 5.41) is 10.1. The average Bonchev–Trinajstić information content (AvgIpc) is 2.38. The van der Waals surface area contributed by atoms with E-state index in [-0.39, 0.29) is 12.1 Å². The number of likely N-dealkylation sites (N-methyl/N-ethyl adjacent to an activating group) is 1. The van der Waals surface area contributed by atoms with Crippen molar-refractivity contribution in [2.24, 2.45) is 0 Å². The van der Waals surface area contributed by atoms with E-state index in [0.29, 0.717) is 6.04 Å². The van der Waals surface area contributed by atoms with Gasteiger partial charge in [-0.2, -0.15) is 0 Å². The summed E-state index contributed by atoms with van der Waals surface area (Å²) in [4.78, 5) is 2.30. The summed E-state index contributed by atoms with van der Waals surface area (Å²) in [6.07, 6.45) is 4.22. The first-order valence-corrected chi connectivity index (χ1v) is 6.85. The second kappa shape index (κ2) is 5.72. The molecule has 0 aromatic heterocycles. The predicted octanol–water partition coefficient (Wildman–Crippen LogP) is 2.57. The third-order valence-electron chi connectivity index (χ3n) is 4.25. The normalized spacial score (nSPS) is 26.2. The number of nitrogens with two attached hydrogens (primary N) is 1. The second-order valence-corrected chi connectivity index (χ2v) is 5.43. The Morgan fingerprint density at radius 3 is 2.44 bits per heavy atom. The van der Waals surface area contributed by atoms with Gasteiger partial charge in [-0.3, -0.25) is 4.90 Å². The monoisotopic (exact) mass is 248 g/mol. The van der Waals surface area contributed by atoms with E-state index in [1.165, 1.54) is 12.0 Å². The van der Waals surface area contributed by atoms with Gasteiger partial charge in [0, 0.05) is 17.8 Å². The number of hydrogen-bond donors (Lipinski definition) is 2. The Labute approximate surface area is 110 Å². The smallest absolute Gasteiger partial charge is 0.0695 e. The predicted molar refractivity (Wildman–Crippen MR) is 75.3 cm³/mol. The Hall–Kier alpha value is -1.06. The molecule has 2 rings (SSSR count). The molecule has 0 amide bonds. The molecule has 1 aromatic rings. The van der Waals surface area contributed by atoms with Crippen molar-refractivity contribution in [2.75, 3.05) is 12.8 Å². The molecule has 3 heteroatoms. The summed E-state index contributed by atoms with van der Waals surface area (Å²) < 4.78 is 0. The van der Waals surface area contributed by atoms with Crippen LogP contribution in [0.15, 0.2) is 24.3 Å². The highest BCUT2D eigenvalue weighted by Crippen LogP contribution is 2.29. The van der Waals surface area contributed by atoms with Crippen molar-refractivity contribution in [1.82, 2.24) is 4.90 Å². The lowest BCUT2D eigenvalue weighted by molar-refractivity contribution is 0.0155. The first kappa shape index (κ1) is 13.4. The van der Waals surface area contributed by atoms with Crippen molar-refractivity contribution in [3.8, 4) is 0 Å². The lowest BCUT2D eigenvalue weighted by Gasteiger charge is -2.38. The van der Waals surface area contributed by atoms with Crippen molar-refractivity contribution in [3.63, 3.8) is 0 Å². The van der Waals surface area contributed by atoms with Crippen LogP contribution in [0.2, 0.25) is 0 Å². The molecule has 0 spiro atoms. The Bertz CT molecular complexity index is 377. The van der Waals surface area contributed by atoms with Crippen LogP contribution in [0, 0.1) is 0 Å². The molecule has 3 N–H and O–H groups in total. The van der Waals surface area contributed by atoms with E-state index in [2.05, 4.69) is 31.0 Å². The number of aliphatic hydroxyl groups is 1. The molecule has 1 aliphatic carbocycles. The summed E-state index contributed by atoms with van der Waals surface area (Å²) in [6, 6.07) is 8.63. The zero-order valence-electron chi connectivity index (χ0n) is 11.3. The Morgan fingerprint density at radius 2 is 1.83 bits per heavy atom. The minimum Gasteiger partial charge on any atom is -0.399 e. The third-order valence-corrected chi connectivity index (χ3v) is 4.25. The van der Waals surface area contributed by atoms with Gasteiger partial charge in [0.15, 0.2) is 0 Å². The number of benzene rings is 1. The third kappa shape index (κ3) is 2.85. The van der Waals surface area contributed by atoms with E-state index < -0.39 is 0 Å². The fraction of sp³-hybridized carbons (Fsp3) is 0.600. The van der Waals surface area contributed by atoms with Gasteiger partial charge in [0.25, 0.3) is 0 Å². The molecule has 0 saturated heterocycles. The van der Waals surface area contributed by atoms with E-state index in [0.717, 1.165) is 24.9 Å². The summed E-state index contributed by atoms with van der Waals surface area (Å²) in [7, 11) is 2.11. The molecule has 3 nitrogen and oxygen atoms in total. The quantitative estimate of drug-likeness (QED) is 0.808. The molecule has 0 heterocycles. The van der Waals surface area contributed by atoms with Crippen molar-refractivity contribution in [1.29, 1.82) is 0 Å². The van der Waals surface area contributed by atoms with Gasteiger partial charge >= 0.3 is 0 Å². The van der Waals surface area contributed by atoms with E-state index >= 15 is 0 Å². The van der Waals surface area contributed by atoms with E-state index in [4.69, 9.17) is 5.73 Å². The first-order chi connectivity index (χ1) is 8.59. The van der Waals surface area contributed by atoms with Crippen LogP contribution >= 0.6 is 0 Å². The number of nitrogens with zero attached hydrogens (tertiary/aromatic N) is 1. The van der Waals surface area contributed by atoms with Crippen LogP contribution in [-0.4, -0.2) is 29.2 Å². The lowest BCUT2D eigenvalue weighted by atomic mass is 9.90. The van der Waals surface area contributed by atoms with E-state index in [1.54, 1.807) is 0 Å². The Morgan fingerprint density at radius 1 is 1.22 bits per heavy atom. The van der Waals surface area contributed by atoms with E-state index in [1.807, 2.05) is 12.1 Å². The molecule has 100 valence electrons. The number of hydrogen-bond acceptors (Lipinski definition) is 3. The zero-order chi connectivity index (χ0) is 13.1. The largest absolute Gasteiger partial charge is 0.399 e. The fourth-order valence-electron chi connectivity index (χ4n) is 2.86. The molecule has 0 radical (unpaired) electrons. The fourth-order valence-corrected chi connectivity index (χ4v) is 2.86. The van der Waals surface area contributed by atoms with Crippen molar-refractivity contribution in [2.45, 2.75) is 50.8 Å². The molecule has 1 aromatic carbocycles. The number of aliphatic hydroxyl groups excluding tert-OH is 1. The van der Waals surface area contributed by atoms with Crippen LogP contribution in [-0.2, 0) is 0 Å². The minimum atomic E-state index is -0.181. The van der Waals surface area contributed by atoms with Gasteiger partial charge in [-0.1, -0.05) is 25.0 Å². The molecule has 0 aliphatic heterocycles. The summed E-state index contributed by atoms with van der Waals surface area (Å²) in [5.74, 6) is 0. The number of anilines is 1. The molecule has 1 saturated carbocycles. The SMILES string of the molecule is CC(c1ccc(N)cc1)N(C)C1CCCCC1O. The van der Waals surface area contributed by atoms with Crippen LogP contribution in [0.4, 0.5) is 5.69 Å². The van der Waals surface area contributed by atoms with Crippen LogP contribution in [0.25, 0.3) is 0 Å². The standard InChI is InChI=1S/C15H24N2O/c1-11(12-7-9-13(16)10-8-12)17(2)14-5-3-4-6-15(14)18/h7-11,14-15,18H,3-6,16H2,1-2H3. The van der Waals surface area contributed by atoms with Gasteiger partial charge in [-0.05, 0) is 44.5 Å². The topological polar surface area (TPSA) is 49.5 Å². The molecule has 1 fully saturated rings. The van der Waals surface area contributed by atoms with Crippen LogP contribution in [0.3, 0.4) is 0 Å². The molecular weight excluding hydrogens is 224 g/mol. The Balaban J connectivity index is 2.07. The van der Waals surface area contributed by atoms with Gasteiger partial charge in [0.1, 0.15) is 0 Å². The zero-order valence-corrected chi connectivity index (χ0v) is 11.3. The van der Waals surface area contributed by atoms with Crippen molar-refractivity contribution >= 4 is 5.69 Å². The van der Waals surface area contributed by atoms with Gasteiger partial charge in [-0.25, -0.2) is 0 Å². The maximum atomic E-state index is 10.1. The minimum absolute atomic E-state index is 0.181. The van der Waals surface area contributed by atoms with E-state index in [9.17, 15) is 5.11 Å². The maximum absolute atomic E-state index is 10.1. The van der Waals surface area contributed by atoms with Gasteiger partial charge in [-0.15, -0.1) is 0 Å². The van der Waals surface area contributed by atoms with Crippen molar-refractivity contribution in [3.05, 3.63) is 29.8 Å². The highest BCUT2D eigenvalue weighted by Gasteiger charge is 2.29.